The van der Waals surface area contributed by atoms with E-state index in [0.29, 0.717) is 5.69 Å². The van der Waals surface area contributed by atoms with Crippen LogP contribution in [0.1, 0.15) is 38.1 Å². The third-order valence-corrected chi connectivity index (χ3v) is 8.03. The van der Waals surface area contributed by atoms with Crippen LogP contribution >= 0.6 is 23.1 Å². The second kappa shape index (κ2) is 14.0. The number of aliphatic imine (C=N–C) groups is 1. The Morgan fingerprint density at radius 2 is 1.56 bits per heavy atom. The van der Waals surface area contributed by atoms with E-state index in [1.807, 2.05) is 36.6 Å². The van der Waals surface area contributed by atoms with Gasteiger partial charge >= 0.3 is 23.9 Å². The number of anilines is 1. The van der Waals surface area contributed by atoms with Gasteiger partial charge in [0.2, 0.25) is 0 Å². The van der Waals surface area contributed by atoms with Crippen molar-refractivity contribution in [3.63, 3.8) is 0 Å². The molecule has 0 saturated carbocycles. The number of aryl methyl sites for hydroxylation is 1. The van der Waals surface area contributed by atoms with Gasteiger partial charge < -0.3 is 23.7 Å². The van der Waals surface area contributed by atoms with Crippen LogP contribution in [0.15, 0.2) is 52.5 Å². The molecule has 1 aromatic heterocycles. The van der Waals surface area contributed by atoms with Gasteiger partial charge in [0.1, 0.15) is 18.4 Å². The van der Waals surface area contributed by atoms with E-state index in [9.17, 15) is 24.0 Å². The maximum absolute atomic E-state index is 13.7. The fourth-order valence-electron chi connectivity index (χ4n) is 4.39. The number of ether oxygens (including phenoxy) is 5. The van der Waals surface area contributed by atoms with E-state index in [4.69, 9.17) is 23.7 Å². The van der Waals surface area contributed by atoms with Gasteiger partial charge in [-0.1, -0.05) is 35.5 Å². The summed E-state index contributed by atoms with van der Waals surface area (Å²) >= 11 is 2.38. The van der Waals surface area contributed by atoms with Crippen molar-refractivity contribution in [2.24, 2.45) is 4.99 Å². The number of amidine groups is 1. The maximum Gasteiger partial charge on any atom is 0.303 e. The van der Waals surface area contributed by atoms with Gasteiger partial charge in [0, 0.05) is 32.6 Å². The second-order valence-corrected chi connectivity index (χ2v) is 11.6. The number of hydrogen-bond acceptors (Lipinski definition) is 13. The normalized spacial score (nSPS) is 24.3. The van der Waals surface area contributed by atoms with Gasteiger partial charge in [-0.25, -0.2) is 4.99 Å². The summed E-state index contributed by atoms with van der Waals surface area (Å²) in [5.41, 5.74) is 0.523. The summed E-state index contributed by atoms with van der Waals surface area (Å²) in [6.07, 6.45) is -3.42. The van der Waals surface area contributed by atoms with Gasteiger partial charge in [-0.15, -0.1) is 11.3 Å². The Bertz CT molecular complexity index is 1440. The van der Waals surface area contributed by atoms with Crippen LogP contribution in [-0.4, -0.2) is 71.4 Å². The molecule has 3 heterocycles. The van der Waals surface area contributed by atoms with E-state index < -0.39 is 59.6 Å². The van der Waals surface area contributed by atoms with Crippen LogP contribution in [0, 0.1) is 6.92 Å². The van der Waals surface area contributed by atoms with Crippen LogP contribution < -0.4 is 4.90 Å². The Morgan fingerprint density at radius 1 is 0.930 bits per heavy atom. The molecular formula is C29H30N2O10S2. The summed E-state index contributed by atoms with van der Waals surface area (Å²) in [7, 11) is 0. The minimum absolute atomic E-state index is 0.163. The second-order valence-electron chi connectivity index (χ2n) is 9.60. The predicted molar refractivity (Wildman–Crippen MR) is 158 cm³/mol. The molecule has 43 heavy (non-hydrogen) atoms. The Balaban J connectivity index is 1.78. The van der Waals surface area contributed by atoms with Crippen molar-refractivity contribution in [2.75, 3.05) is 11.5 Å². The van der Waals surface area contributed by atoms with Gasteiger partial charge in [0.05, 0.1) is 5.69 Å². The molecule has 0 N–H and O–H groups in total. The first kappa shape index (κ1) is 31.9. The first-order valence-electron chi connectivity index (χ1n) is 13.1. The van der Waals surface area contributed by atoms with E-state index in [0.717, 1.165) is 43.0 Å². The van der Waals surface area contributed by atoms with Crippen LogP contribution in [0.2, 0.25) is 0 Å². The Morgan fingerprint density at radius 3 is 2.14 bits per heavy atom. The molecule has 1 saturated heterocycles. The average Bonchev–Trinajstić information content (AvgIpc) is 3.54. The van der Waals surface area contributed by atoms with E-state index in [-0.39, 0.29) is 17.5 Å². The molecule has 2 aliphatic heterocycles. The topological polar surface area (TPSA) is 147 Å². The molecule has 1 aromatic carbocycles. The van der Waals surface area contributed by atoms with E-state index in [2.05, 4.69) is 4.99 Å². The van der Waals surface area contributed by atoms with E-state index in [1.165, 1.54) is 23.2 Å². The fourth-order valence-corrected chi connectivity index (χ4v) is 6.24. The van der Waals surface area contributed by atoms with Crippen LogP contribution in [-0.2, 0) is 47.7 Å². The van der Waals surface area contributed by atoms with Crippen LogP contribution in [0.4, 0.5) is 5.69 Å². The number of esters is 4. The summed E-state index contributed by atoms with van der Waals surface area (Å²) in [6.45, 7) is 6.20. The maximum atomic E-state index is 13.7. The summed E-state index contributed by atoms with van der Waals surface area (Å²) in [6, 6.07) is 10.9. The SMILES string of the molecule is CC(=O)OC[C@@H]1O[C@@H](SC2=N/C(=C\c3cccs3)C(=O)N2c2ccc(C)cc2)[C@H](OC(C)=O)[C@@H](OC(C)=O)[C@H]1OC(C)=O. The number of thiophene rings is 1. The lowest BCUT2D eigenvalue weighted by Crippen LogP contribution is -2.61. The molecule has 2 aliphatic rings. The molecule has 0 aliphatic carbocycles. The molecule has 0 spiro atoms. The summed E-state index contributed by atoms with van der Waals surface area (Å²) < 4.78 is 27.9. The highest BCUT2D eigenvalue weighted by molar-refractivity contribution is 8.14. The molecule has 0 unspecified atom stereocenters. The van der Waals surface area contributed by atoms with Crippen LogP contribution in [0.5, 0.6) is 0 Å². The lowest BCUT2D eigenvalue weighted by Gasteiger charge is -2.44. The standard InChI is InChI=1S/C29H30N2O10S2/c1-15-8-10-20(11-9-15)31-27(36)22(13-21-7-6-12-42-21)30-29(31)43-28-26(40-19(5)35)25(39-18(4)34)24(38-17(3)33)23(41-28)14-37-16(2)32/h6-13,23-26,28H,14H2,1-5H3/b22-13-/t23-,24-,25-,26+,28-/m0/s1. The minimum atomic E-state index is -1.34. The quantitative estimate of drug-likeness (QED) is 0.239. The average molecular weight is 631 g/mol. The first-order chi connectivity index (χ1) is 20.4. The number of benzene rings is 1. The van der Waals surface area contributed by atoms with E-state index in [1.54, 1.807) is 18.2 Å². The third kappa shape index (κ3) is 8.09. The van der Waals surface area contributed by atoms with Crippen LogP contribution in [0.25, 0.3) is 6.08 Å². The Labute approximate surface area is 256 Å². The summed E-state index contributed by atoms with van der Waals surface area (Å²) in [5.74, 6) is -3.22. The molecule has 4 rings (SSSR count). The summed E-state index contributed by atoms with van der Waals surface area (Å²) in [5, 5.41) is 2.07. The van der Waals surface area contributed by atoms with Gasteiger partial charge in [-0.05, 0) is 36.6 Å². The molecule has 12 nitrogen and oxygen atoms in total. The monoisotopic (exact) mass is 630 g/mol. The van der Waals surface area contributed by atoms with Crippen molar-refractivity contribution >= 4 is 69.8 Å². The molecule has 1 amide bonds. The largest absolute Gasteiger partial charge is 0.463 e. The highest BCUT2D eigenvalue weighted by Gasteiger charge is 2.53. The Kier molecular flexibility index (Phi) is 10.4. The first-order valence-corrected chi connectivity index (χ1v) is 14.9. The molecule has 228 valence electrons. The molecule has 2 aromatic rings. The molecule has 14 heteroatoms. The number of amides is 1. The Hall–Kier alpha value is -4.01. The van der Waals surface area contributed by atoms with Crippen molar-refractivity contribution in [2.45, 2.75) is 64.5 Å². The van der Waals surface area contributed by atoms with Crippen molar-refractivity contribution in [1.29, 1.82) is 0 Å². The van der Waals surface area contributed by atoms with E-state index >= 15 is 0 Å². The highest BCUT2D eigenvalue weighted by atomic mass is 32.2. The van der Waals surface area contributed by atoms with Crippen molar-refractivity contribution in [3.8, 4) is 0 Å². The van der Waals surface area contributed by atoms with Gasteiger partial charge in [0.15, 0.2) is 28.9 Å². The number of rotatable bonds is 8. The summed E-state index contributed by atoms with van der Waals surface area (Å²) in [4.78, 5) is 68.6. The lowest BCUT2D eigenvalue weighted by molar-refractivity contribution is -0.237. The van der Waals surface area contributed by atoms with Crippen molar-refractivity contribution in [1.82, 2.24) is 0 Å². The molecule has 1 fully saturated rings. The number of nitrogens with zero attached hydrogens (tertiary/aromatic N) is 2. The number of carbonyl (C=O) groups is 5. The van der Waals surface area contributed by atoms with Crippen LogP contribution in [0.3, 0.4) is 0 Å². The fraction of sp³-hybridized carbons (Fsp3) is 0.379. The van der Waals surface area contributed by atoms with Gasteiger partial charge in [-0.3, -0.25) is 28.9 Å². The smallest absolute Gasteiger partial charge is 0.303 e. The number of thioether (sulfide) groups is 1. The molecule has 0 bridgehead atoms. The van der Waals surface area contributed by atoms with Gasteiger partial charge in [-0.2, -0.15) is 0 Å². The zero-order chi connectivity index (χ0) is 31.3. The molecule has 0 radical (unpaired) electrons. The number of hydrogen-bond donors (Lipinski definition) is 0. The van der Waals surface area contributed by atoms with Gasteiger partial charge in [0.25, 0.3) is 5.91 Å². The highest BCUT2D eigenvalue weighted by Crippen LogP contribution is 2.39. The lowest BCUT2D eigenvalue weighted by atomic mass is 9.99. The zero-order valence-corrected chi connectivity index (χ0v) is 25.6. The minimum Gasteiger partial charge on any atom is -0.463 e. The molecular weight excluding hydrogens is 600 g/mol. The zero-order valence-electron chi connectivity index (χ0n) is 24.0. The molecule has 5 atom stereocenters. The third-order valence-electron chi connectivity index (χ3n) is 6.11. The van der Waals surface area contributed by atoms with Crippen molar-refractivity contribution in [3.05, 3.63) is 57.9 Å². The number of carbonyl (C=O) groups excluding carboxylic acids is 5. The van der Waals surface area contributed by atoms with Crippen molar-refractivity contribution < 1.29 is 47.7 Å². The predicted octanol–water partition coefficient (Wildman–Crippen LogP) is 3.62.